The third kappa shape index (κ3) is 2.82. The molecule has 4 rings (SSSR count). The van der Waals surface area contributed by atoms with Gasteiger partial charge in [-0.15, -0.1) is 0 Å². The number of hydrogen-bond acceptors (Lipinski definition) is 2. The molecule has 1 heterocycles. The highest BCUT2D eigenvalue weighted by atomic mass is 16.5. The van der Waals surface area contributed by atoms with E-state index >= 15 is 0 Å². The number of aromatic nitrogens is 1. The number of fused-ring (bicyclic) bond motifs is 1. The monoisotopic (exact) mass is 304 g/mol. The number of carbonyl (C=O) groups excluding carboxylic acids is 1. The van der Waals surface area contributed by atoms with Crippen LogP contribution in [0.4, 0.5) is 0 Å². The number of hydrogen-bond donors (Lipinski definition) is 1. The van der Waals surface area contributed by atoms with Gasteiger partial charge >= 0.3 is 0 Å². The second kappa shape index (κ2) is 5.51. The first-order valence-electron chi connectivity index (χ1n) is 7.91. The summed E-state index contributed by atoms with van der Waals surface area (Å²) in [6.45, 7) is 0. The van der Waals surface area contributed by atoms with Gasteiger partial charge in [0.05, 0.1) is 5.39 Å². The number of carbonyl (C=O) groups is 1. The van der Waals surface area contributed by atoms with E-state index in [-0.39, 0.29) is 5.92 Å². The summed E-state index contributed by atoms with van der Waals surface area (Å²) >= 11 is 0. The number of nitrogens with zero attached hydrogens (tertiary/aromatic N) is 1. The standard InChI is InChI=1S/C20H18NO2/c22-20(19-12-18(19)15-4-2-1-3-5-15)11-14-6-7-17-13-21(23)9-8-16(17)10-14/h1-10,13,18-19,23H,11-12H2/q+1/t18-,19+/m0/s1. The Kier molecular flexibility index (Phi) is 3.34. The minimum absolute atomic E-state index is 0.170. The van der Waals surface area contributed by atoms with Gasteiger partial charge in [0.1, 0.15) is 5.78 Å². The van der Waals surface area contributed by atoms with Crippen molar-refractivity contribution >= 4 is 16.6 Å². The van der Waals surface area contributed by atoms with Gasteiger partial charge in [0.15, 0.2) is 0 Å². The predicted octanol–water partition coefficient (Wildman–Crippen LogP) is 3.28. The molecule has 1 fully saturated rings. The Hall–Kier alpha value is -2.68. The van der Waals surface area contributed by atoms with Gasteiger partial charge in [-0.25, -0.2) is 0 Å². The van der Waals surface area contributed by atoms with Gasteiger partial charge in [0.25, 0.3) is 0 Å². The molecule has 2 aromatic carbocycles. The predicted molar refractivity (Wildman–Crippen MR) is 87.3 cm³/mol. The average Bonchev–Trinajstić information content (AvgIpc) is 3.37. The van der Waals surface area contributed by atoms with E-state index in [1.165, 1.54) is 5.56 Å². The Morgan fingerprint density at radius 2 is 1.91 bits per heavy atom. The summed E-state index contributed by atoms with van der Waals surface area (Å²) in [5, 5.41) is 11.4. The van der Waals surface area contributed by atoms with Gasteiger partial charge in [0, 0.05) is 23.1 Å². The van der Waals surface area contributed by atoms with Gasteiger partial charge in [0.2, 0.25) is 12.4 Å². The molecule has 1 aliphatic rings. The van der Waals surface area contributed by atoms with Crippen LogP contribution in [0, 0.1) is 5.92 Å². The molecule has 3 aromatic rings. The summed E-state index contributed by atoms with van der Waals surface area (Å²) in [6, 6.07) is 18.1. The number of benzene rings is 2. The molecule has 1 aliphatic carbocycles. The van der Waals surface area contributed by atoms with Gasteiger partial charge in [-0.3, -0.25) is 10.0 Å². The maximum atomic E-state index is 12.5. The van der Waals surface area contributed by atoms with Crippen LogP contribution >= 0.6 is 0 Å². The maximum Gasteiger partial charge on any atom is 0.230 e. The first kappa shape index (κ1) is 13.9. The molecular weight excluding hydrogens is 286 g/mol. The van der Waals surface area contributed by atoms with E-state index in [4.69, 9.17) is 0 Å². The molecule has 1 N–H and O–H groups in total. The zero-order valence-electron chi connectivity index (χ0n) is 12.7. The highest BCUT2D eigenvalue weighted by Gasteiger charge is 2.43. The molecule has 0 unspecified atom stereocenters. The quantitative estimate of drug-likeness (QED) is 0.593. The van der Waals surface area contributed by atoms with Gasteiger partial charge in [-0.1, -0.05) is 42.5 Å². The molecule has 1 saturated carbocycles. The molecule has 3 heteroatoms. The molecular formula is C20H18NO2+. The Morgan fingerprint density at radius 1 is 1.09 bits per heavy atom. The Labute approximate surface area is 134 Å². The lowest BCUT2D eigenvalue weighted by Crippen LogP contribution is -2.27. The first-order chi connectivity index (χ1) is 11.2. The SMILES string of the molecule is O=C(Cc1ccc2c[n+](O)ccc2c1)[C@@H]1C[C@H]1c1ccccc1. The third-order valence-electron chi connectivity index (χ3n) is 4.64. The Bertz CT molecular complexity index is 873. The van der Waals surface area contributed by atoms with Crippen molar-refractivity contribution in [2.24, 2.45) is 5.92 Å². The second-order valence-corrected chi connectivity index (χ2v) is 6.29. The maximum absolute atomic E-state index is 12.5. The number of pyridine rings is 1. The van der Waals surface area contributed by atoms with Crippen LogP contribution < -0.4 is 4.73 Å². The minimum Gasteiger partial charge on any atom is -0.299 e. The van der Waals surface area contributed by atoms with E-state index in [1.807, 2.05) is 42.5 Å². The lowest BCUT2D eigenvalue weighted by molar-refractivity contribution is -0.903. The van der Waals surface area contributed by atoms with E-state index in [0.29, 0.717) is 18.1 Å². The smallest absolute Gasteiger partial charge is 0.230 e. The molecule has 0 spiro atoms. The fourth-order valence-electron chi connectivity index (χ4n) is 3.29. The van der Waals surface area contributed by atoms with Crippen LogP contribution in [0.2, 0.25) is 0 Å². The van der Waals surface area contributed by atoms with Crippen molar-refractivity contribution < 1.29 is 14.7 Å². The summed E-state index contributed by atoms with van der Waals surface area (Å²) in [6.07, 6.45) is 4.71. The molecule has 114 valence electrons. The topological polar surface area (TPSA) is 41.2 Å². The average molecular weight is 304 g/mol. The number of rotatable bonds is 4. The Morgan fingerprint density at radius 3 is 2.74 bits per heavy atom. The number of ketones is 1. The van der Waals surface area contributed by atoms with E-state index < -0.39 is 0 Å². The van der Waals surface area contributed by atoms with Gasteiger partial charge in [-0.05, 0) is 34.9 Å². The van der Waals surface area contributed by atoms with Gasteiger partial charge in [-0.2, -0.15) is 0 Å². The summed E-state index contributed by atoms with van der Waals surface area (Å²) in [7, 11) is 0. The highest BCUT2D eigenvalue weighted by molar-refractivity contribution is 5.88. The molecule has 23 heavy (non-hydrogen) atoms. The Balaban J connectivity index is 1.48. The molecule has 0 radical (unpaired) electrons. The molecule has 2 atom stereocenters. The highest BCUT2D eigenvalue weighted by Crippen LogP contribution is 2.48. The number of Topliss-reactive ketones (excluding diaryl/α,β-unsaturated/α-hetero) is 1. The van der Waals surface area contributed by atoms with E-state index in [2.05, 4.69) is 12.1 Å². The normalized spacial score (nSPS) is 19.7. The summed E-state index contributed by atoms with van der Waals surface area (Å²) in [5.74, 6) is 0.896. The molecule has 3 nitrogen and oxygen atoms in total. The van der Waals surface area contributed by atoms with Crippen molar-refractivity contribution in [3.63, 3.8) is 0 Å². The zero-order valence-corrected chi connectivity index (χ0v) is 12.7. The van der Waals surface area contributed by atoms with Crippen LogP contribution in [0.3, 0.4) is 0 Å². The van der Waals surface area contributed by atoms with Crippen LogP contribution in [0.1, 0.15) is 23.5 Å². The van der Waals surface area contributed by atoms with E-state index in [0.717, 1.165) is 27.5 Å². The molecule has 0 amide bonds. The van der Waals surface area contributed by atoms with Gasteiger partial charge < -0.3 is 0 Å². The molecule has 0 aliphatic heterocycles. The molecule has 0 bridgehead atoms. The van der Waals surface area contributed by atoms with Crippen molar-refractivity contribution in [1.29, 1.82) is 0 Å². The van der Waals surface area contributed by atoms with Crippen LogP contribution in [-0.4, -0.2) is 11.0 Å². The largest absolute Gasteiger partial charge is 0.299 e. The van der Waals surface area contributed by atoms with Crippen molar-refractivity contribution in [2.75, 3.05) is 0 Å². The van der Waals surface area contributed by atoms with Crippen molar-refractivity contribution in [2.45, 2.75) is 18.8 Å². The van der Waals surface area contributed by atoms with Crippen LogP contribution in [-0.2, 0) is 11.2 Å². The van der Waals surface area contributed by atoms with Crippen LogP contribution in [0.5, 0.6) is 0 Å². The summed E-state index contributed by atoms with van der Waals surface area (Å²) in [5.41, 5.74) is 2.31. The summed E-state index contributed by atoms with van der Waals surface area (Å²) < 4.78 is 1.04. The lowest BCUT2D eigenvalue weighted by atomic mass is 10.0. The van der Waals surface area contributed by atoms with E-state index in [9.17, 15) is 10.0 Å². The fourth-order valence-corrected chi connectivity index (χ4v) is 3.29. The fraction of sp³-hybridized carbons (Fsp3) is 0.200. The summed E-state index contributed by atoms with van der Waals surface area (Å²) in [4.78, 5) is 12.5. The second-order valence-electron chi connectivity index (χ2n) is 6.29. The molecule has 0 saturated heterocycles. The van der Waals surface area contributed by atoms with E-state index in [1.54, 1.807) is 12.4 Å². The van der Waals surface area contributed by atoms with Crippen molar-refractivity contribution in [3.8, 4) is 0 Å². The zero-order chi connectivity index (χ0) is 15.8. The molecule has 1 aromatic heterocycles. The van der Waals surface area contributed by atoms with Crippen molar-refractivity contribution in [3.05, 3.63) is 78.1 Å². The first-order valence-corrected chi connectivity index (χ1v) is 7.91. The minimum atomic E-state index is 0.170. The van der Waals surface area contributed by atoms with Crippen molar-refractivity contribution in [1.82, 2.24) is 0 Å². The third-order valence-corrected chi connectivity index (χ3v) is 4.64. The van der Waals surface area contributed by atoms with Crippen LogP contribution in [0.15, 0.2) is 67.0 Å². The lowest BCUT2D eigenvalue weighted by Gasteiger charge is -2.03. The van der Waals surface area contributed by atoms with Crippen LogP contribution in [0.25, 0.3) is 10.8 Å².